The number of carbonyl (C=O) groups excluding carboxylic acids is 2. The first-order chi connectivity index (χ1) is 15.3. The molecule has 0 aliphatic heterocycles. The van der Waals surface area contributed by atoms with Crippen LogP contribution in [0.25, 0.3) is 0 Å². The van der Waals surface area contributed by atoms with Crippen LogP contribution in [-0.4, -0.2) is 47.6 Å². The van der Waals surface area contributed by atoms with E-state index in [0.29, 0.717) is 11.1 Å². The van der Waals surface area contributed by atoms with Crippen molar-refractivity contribution in [2.24, 2.45) is 0 Å². The number of benzene rings is 2. The first-order valence-corrected chi connectivity index (χ1v) is 9.79. The summed E-state index contributed by atoms with van der Waals surface area (Å²) in [7, 11) is 1.32. The van der Waals surface area contributed by atoms with Crippen molar-refractivity contribution in [3.63, 3.8) is 0 Å². The highest BCUT2D eigenvalue weighted by Gasteiger charge is 2.35. The molecule has 0 saturated heterocycles. The third-order valence-electron chi connectivity index (χ3n) is 4.77. The van der Waals surface area contributed by atoms with Gasteiger partial charge < -0.3 is 19.9 Å². The number of hydrogen-bond donors (Lipinski definition) is 2. The highest BCUT2D eigenvalue weighted by atomic mass is 16.6. The Morgan fingerprint density at radius 1 is 1.06 bits per heavy atom. The third kappa shape index (κ3) is 6.35. The van der Waals surface area contributed by atoms with E-state index in [1.807, 2.05) is 0 Å². The van der Waals surface area contributed by atoms with Gasteiger partial charge in [-0.25, -0.2) is 4.79 Å². The lowest BCUT2D eigenvalue weighted by atomic mass is 9.88. The van der Waals surface area contributed by atoms with Crippen molar-refractivity contribution in [2.75, 3.05) is 13.7 Å². The minimum atomic E-state index is -1.52. The van der Waals surface area contributed by atoms with Crippen LogP contribution >= 0.6 is 0 Å². The zero-order valence-corrected chi connectivity index (χ0v) is 17.6. The van der Waals surface area contributed by atoms with Gasteiger partial charge in [0.25, 0.3) is 11.6 Å². The van der Waals surface area contributed by atoms with Gasteiger partial charge in [-0.15, -0.1) is 0 Å². The van der Waals surface area contributed by atoms with Gasteiger partial charge in [-0.2, -0.15) is 0 Å². The van der Waals surface area contributed by atoms with Crippen molar-refractivity contribution in [3.05, 3.63) is 75.8 Å². The molecule has 2 rings (SSSR count). The summed E-state index contributed by atoms with van der Waals surface area (Å²) in [6.45, 7) is 1.70. The Morgan fingerprint density at radius 2 is 1.69 bits per heavy atom. The van der Waals surface area contributed by atoms with E-state index in [-0.39, 0.29) is 18.7 Å². The largest absolute Gasteiger partial charge is 0.480 e. The van der Waals surface area contributed by atoms with Gasteiger partial charge in [0.1, 0.15) is 6.04 Å². The SMILES string of the molecule is CCOC(=O)C[C@H](c1ccc([N+](=O)[O-])cc1)[C@H](NC(=O)[C@@H](OC)c1ccccc1)C(=O)O. The van der Waals surface area contributed by atoms with Gasteiger partial charge in [-0.1, -0.05) is 42.5 Å². The Balaban J connectivity index is 2.37. The molecule has 0 unspecified atom stereocenters. The molecule has 10 nitrogen and oxygen atoms in total. The van der Waals surface area contributed by atoms with E-state index >= 15 is 0 Å². The number of carboxylic acids is 1. The molecular weight excluding hydrogens is 420 g/mol. The molecule has 0 aliphatic carbocycles. The number of carbonyl (C=O) groups is 3. The van der Waals surface area contributed by atoms with Crippen LogP contribution in [0.3, 0.4) is 0 Å². The Labute approximate surface area is 184 Å². The van der Waals surface area contributed by atoms with Gasteiger partial charge in [0.05, 0.1) is 18.0 Å². The van der Waals surface area contributed by atoms with Crippen molar-refractivity contribution in [3.8, 4) is 0 Å². The fraction of sp³-hybridized carbons (Fsp3) is 0.318. The maximum atomic E-state index is 12.9. The number of nitro groups is 1. The summed E-state index contributed by atoms with van der Waals surface area (Å²) in [6, 6.07) is 12.1. The summed E-state index contributed by atoms with van der Waals surface area (Å²) >= 11 is 0. The second-order valence-electron chi connectivity index (χ2n) is 6.82. The van der Waals surface area contributed by atoms with Crippen LogP contribution < -0.4 is 5.32 Å². The summed E-state index contributed by atoms with van der Waals surface area (Å²) < 4.78 is 10.2. The molecule has 1 amide bonds. The van der Waals surface area contributed by atoms with Crippen molar-refractivity contribution in [1.82, 2.24) is 5.32 Å². The smallest absolute Gasteiger partial charge is 0.326 e. The fourth-order valence-corrected chi connectivity index (χ4v) is 3.26. The summed E-state index contributed by atoms with van der Waals surface area (Å²) in [6.07, 6.45) is -1.43. The van der Waals surface area contributed by atoms with Crippen LogP contribution in [-0.2, 0) is 23.9 Å². The van der Waals surface area contributed by atoms with Crippen LogP contribution in [0.4, 0.5) is 5.69 Å². The highest BCUT2D eigenvalue weighted by Crippen LogP contribution is 2.28. The average molecular weight is 444 g/mol. The van der Waals surface area contributed by atoms with Crippen LogP contribution in [0.1, 0.15) is 36.5 Å². The van der Waals surface area contributed by atoms with E-state index in [2.05, 4.69) is 5.32 Å². The van der Waals surface area contributed by atoms with Gasteiger partial charge in [-0.05, 0) is 18.1 Å². The molecule has 2 N–H and O–H groups in total. The maximum Gasteiger partial charge on any atom is 0.326 e. The van der Waals surface area contributed by atoms with Crippen LogP contribution in [0.5, 0.6) is 0 Å². The highest BCUT2D eigenvalue weighted by molar-refractivity contribution is 5.88. The van der Waals surface area contributed by atoms with Gasteiger partial charge >= 0.3 is 11.9 Å². The first-order valence-electron chi connectivity index (χ1n) is 9.79. The molecule has 32 heavy (non-hydrogen) atoms. The summed E-state index contributed by atoms with van der Waals surface area (Å²) in [5, 5.41) is 23.2. The predicted octanol–water partition coefficient (Wildman–Crippen LogP) is 2.59. The second-order valence-corrected chi connectivity index (χ2v) is 6.82. The van der Waals surface area contributed by atoms with Crippen molar-refractivity contribution < 1.29 is 33.9 Å². The van der Waals surface area contributed by atoms with Crippen molar-refractivity contribution in [2.45, 2.75) is 31.4 Å². The maximum absolute atomic E-state index is 12.9. The molecular formula is C22H24N2O8. The monoisotopic (exact) mass is 444 g/mol. The molecule has 2 aromatic rings. The topological polar surface area (TPSA) is 145 Å². The molecule has 0 saturated carbocycles. The molecule has 0 aliphatic rings. The van der Waals surface area contributed by atoms with E-state index in [9.17, 15) is 29.6 Å². The summed E-state index contributed by atoms with van der Waals surface area (Å²) in [4.78, 5) is 47.5. The van der Waals surface area contributed by atoms with E-state index in [1.165, 1.54) is 31.4 Å². The number of ether oxygens (including phenoxy) is 2. The Hall–Kier alpha value is -3.79. The van der Waals surface area contributed by atoms with Gasteiger partial charge in [0.15, 0.2) is 6.10 Å². The van der Waals surface area contributed by atoms with Gasteiger partial charge in [0, 0.05) is 25.2 Å². The second kappa shape index (κ2) is 11.6. The molecule has 170 valence electrons. The lowest BCUT2D eigenvalue weighted by Gasteiger charge is -2.26. The number of nitrogens with zero attached hydrogens (tertiary/aromatic N) is 1. The van der Waals surface area contributed by atoms with Crippen LogP contribution in [0.15, 0.2) is 54.6 Å². The molecule has 0 radical (unpaired) electrons. The number of amides is 1. The Kier molecular flexibility index (Phi) is 8.84. The lowest BCUT2D eigenvalue weighted by molar-refractivity contribution is -0.384. The third-order valence-corrected chi connectivity index (χ3v) is 4.77. The fourth-order valence-electron chi connectivity index (χ4n) is 3.26. The zero-order chi connectivity index (χ0) is 23.7. The zero-order valence-electron chi connectivity index (χ0n) is 17.6. The van der Waals surface area contributed by atoms with Gasteiger partial charge in [-0.3, -0.25) is 19.7 Å². The normalized spacial score (nSPS) is 13.4. The van der Waals surface area contributed by atoms with E-state index in [4.69, 9.17) is 9.47 Å². The van der Waals surface area contributed by atoms with E-state index < -0.39 is 40.8 Å². The molecule has 0 spiro atoms. The predicted molar refractivity (Wildman–Crippen MR) is 113 cm³/mol. The average Bonchev–Trinajstić information content (AvgIpc) is 2.77. The minimum absolute atomic E-state index is 0.0929. The molecule has 3 atom stereocenters. The number of nitro benzene ring substituents is 1. The Bertz CT molecular complexity index is 946. The first kappa shape index (κ1) is 24.5. The lowest BCUT2D eigenvalue weighted by Crippen LogP contribution is -2.47. The number of non-ortho nitro benzene ring substituents is 1. The van der Waals surface area contributed by atoms with Crippen LogP contribution in [0, 0.1) is 10.1 Å². The summed E-state index contributed by atoms with van der Waals surface area (Å²) in [5.74, 6) is -3.79. The molecule has 10 heteroatoms. The minimum Gasteiger partial charge on any atom is -0.480 e. The van der Waals surface area contributed by atoms with Crippen molar-refractivity contribution >= 4 is 23.5 Å². The number of esters is 1. The summed E-state index contributed by atoms with van der Waals surface area (Å²) in [5.41, 5.74) is 0.655. The van der Waals surface area contributed by atoms with E-state index in [1.54, 1.807) is 37.3 Å². The standard InChI is InChI=1S/C22H24N2O8/c1-3-32-18(25)13-17(14-9-11-16(12-10-14)24(29)30)19(22(27)28)23-21(26)20(31-2)15-7-5-4-6-8-15/h4-12,17,19-20H,3,13H2,1-2H3,(H,23,26)(H,27,28)/t17-,19+,20+/m1/s1. The Morgan fingerprint density at radius 3 is 2.19 bits per heavy atom. The van der Waals surface area contributed by atoms with Gasteiger partial charge in [0.2, 0.25) is 0 Å². The quantitative estimate of drug-likeness (QED) is 0.306. The number of aliphatic carboxylic acids is 1. The van der Waals surface area contributed by atoms with E-state index in [0.717, 1.165) is 0 Å². The molecule has 0 bridgehead atoms. The molecule has 2 aromatic carbocycles. The number of nitrogens with one attached hydrogen (secondary N) is 1. The van der Waals surface area contributed by atoms with Crippen LogP contribution in [0.2, 0.25) is 0 Å². The molecule has 0 aromatic heterocycles. The molecule has 0 heterocycles. The number of hydrogen-bond acceptors (Lipinski definition) is 7. The number of rotatable bonds is 11. The number of carboxylic acid groups (broad SMARTS) is 1. The molecule has 0 fully saturated rings. The number of methoxy groups -OCH3 is 1. The van der Waals surface area contributed by atoms with Crippen molar-refractivity contribution in [1.29, 1.82) is 0 Å².